The summed E-state index contributed by atoms with van der Waals surface area (Å²) in [7, 11) is -3.32. The standard InChI is InChI=1S/C15H24N2O3S/c16-9-5-10-17(12-14-6-2-1-3-7-14)21(18,19)13-15-8-4-11-20-15/h1-3,6-7,15H,4-5,8-13,16H2. The van der Waals surface area contributed by atoms with E-state index in [2.05, 4.69) is 0 Å². The molecule has 1 aromatic rings. The van der Waals surface area contributed by atoms with E-state index in [1.807, 2.05) is 30.3 Å². The van der Waals surface area contributed by atoms with Crippen LogP contribution in [0, 0.1) is 0 Å². The maximum Gasteiger partial charge on any atom is 0.216 e. The van der Waals surface area contributed by atoms with Gasteiger partial charge in [0.25, 0.3) is 0 Å². The number of nitrogens with two attached hydrogens (primary N) is 1. The van der Waals surface area contributed by atoms with E-state index >= 15 is 0 Å². The van der Waals surface area contributed by atoms with Gasteiger partial charge in [-0.05, 0) is 31.4 Å². The van der Waals surface area contributed by atoms with E-state index in [0.29, 0.717) is 32.7 Å². The third kappa shape index (κ3) is 5.07. The Bertz CT molecular complexity index is 513. The number of hydrogen-bond donors (Lipinski definition) is 1. The summed E-state index contributed by atoms with van der Waals surface area (Å²) in [5.41, 5.74) is 6.52. The van der Waals surface area contributed by atoms with Gasteiger partial charge in [0, 0.05) is 19.7 Å². The molecule has 6 heteroatoms. The van der Waals surface area contributed by atoms with Crippen LogP contribution in [0.4, 0.5) is 0 Å². The predicted molar refractivity (Wildman–Crippen MR) is 83.3 cm³/mol. The molecule has 0 aromatic heterocycles. The highest BCUT2D eigenvalue weighted by molar-refractivity contribution is 7.89. The predicted octanol–water partition coefficient (Wildman–Crippen LogP) is 1.35. The van der Waals surface area contributed by atoms with Gasteiger partial charge in [0.15, 0.2) is 0 Å². The number of hydrogen-bond acceptors (Lipinski definition) is 4. The first-order valence-corrected chi connectivity index (χ1v) is 9.06. The summed E-state index contributed by atoms with van der Waals surface area (Å²) in [6.45, 7) is 2.01. The molecule has 0 spiro atoms. The van der Waals surface area contributed by atoms with Crippen LogP contribution in [0.2, 0.25) is 0 Å². The van der Waals surface area contributed by atoms with Crippen molar-refractivity contribution in [2.24, 2.45) is 5.73 Å². The Morgan fingerprint density at radius 3 is 2.67 bits per heavy atom. The van der Waals surface area contributed by atoms with E-state index in [4.69, 9.17) is 10.5 Å². The van der Waals surface area contributed by atoms with E-state index in [1.165, 1.54) is 4.31 Å². The summed E-state index contributed by atoms with van der Waals surface area (Å²) in [4.78, 5) is 0. The van der Waals surface area contributed by atoms with Crippen molar-refractivity contribution in [2.75, 3.05) is 25.4 Å². The molecule has 21 heavy (non-hydrogen) atoms. The fourth-order valence-corrected chi connectivity index (χ4v) is 4.18. The molecule has 0 radical (unpaired) electrons. The van der Waals surface area contributed by atoms with Crippen LogP contribution >= 0.6 is 0 Å². The second kappa shape index (κ2) is 7.89. The molecule has 0 amide bonds. The first-order chi connectivity index (χ1) is 10.1. The Labute approximate surface area is 127 Å². The highest BCUT2D eigenvalue weighted by Gasteiger charge is 2.28. The van der Waals surface area contributed by atoms with Gasteiger partial charge in [-0.1, -0.05) is 30.3 Å². The largest absolute Gasteiger partial charge is 0.377 e. The maximum atomic E-state index is 12.6. The highest BCUT2D eigenvalue weighted by Crippen LogP contribution is 2.18. The lowest BCUT2D eigenvalue weighted by molar-refractivity contribution is 0.126. The van der Waals surface area contributed by atoms with E-state index in [0.717, 1.165) is 18.4 Å². The van der Waals surface area contributed by atoms with Crippen LogP contribution in [0.5, 0.6) is 0 Å². The topological polar surface area (TPSA) is 72.6 Å². The Morgan fingerprint density at radius 2 is 2.05 bits per heavy atom. The molecule has 0 aliphatic carbocycles. The van der Waals surface area contributed by atoms with Crippen molar-refractivity contribution in [3.8, 4) is 0 Å². The van der Waals surface area contributed by atoms with E-state index in [-0.39, 0.29) is 11.9 Å². The third-order valence-corrected chi connectivity index (χ3v) is 5.52. The molecule has 118 valence electrons. The van der Waals surface area contributed by atoms with Crippen molar-refractivity contribution < 1.29 is 13.2 Å². The quantitative estimate of drug-likeness (QED) is 0.786. The van der Waals surface area contributed by atoms with Crippen LogP contribution in [0.3, 0.4) is 0 Å². The van der Waals surface area contributed by atoms with Gasteiger partial charge in [0.05, 0.1) is 11.9 Å². The average molecular weight is 312 g/mol. The van der Waals surface area contributed by atoms with Crippen molar-refractivity contribution in [1.29, 1.82) is 0 Å². The van der Waals surface area contributed by atoms with Gasteiger partial charge >= 0.3 is 0 Å². The first-order valence-electron chi connectivity index (χ1n) is 7.45. The Morgan fingerprint density at radius 1 is 1.29 bits per heavy atom. The fraction of sp³-hybridized carbons (Fsp3) is 0.600. The molecule has 0 bridgehead atoms. The van der Waals surface area contributed by atoms with Crippen molar-refractivity contribution in [1.82, 2.24) is 4.31 Å². The molecule has 1 saturated heterocycles. The van der Waals surface area contributed by atoms with E-state index in [1.54, 1.807) is 0 Å². The smallest absolute Gasteiger partial charge is 0.216 e. The lowest BCUT2D eigenvalue weighted by Gasteiger charge is -2.23. The molecule has 2 N–H and O–H groups in total. The molecule has 1 aromatic carbocycles. The molecule has 1 atom stereocenters. The lowest BCUT2D eigenvalue weighted by Crippen LogP contribution is -2.37. The van der Waals surface area contributed by atoms with E-state index < -0.39 is 10.0 Å². The van der Waals surface area contributed by atoms with Gasteiger partial charge in [0.2, 0.25) is 10.0 Å². The number of benzene rings is 1. The molecular formula is C15H24N2O3S. The summed E-state index contributed by atoms with van der Waals surface area (Å²) >= 11 is 0. The van der Waals surface area contributed by atoms with Crippen LogP contribution in [0.15, 0.2) is 30.3 Å². The van der Waals surface area contributed by atoms with Crippen LogP contribution in [0.1, 0.15) is 24.8 Å². The lowest BCUT2D eigenvalue weighted by atomic mass is 10.2. The summed E-state index contributed by atoms with van der Waals surface area (Å²) in [6, 6.07) is 9.65. The summed E-state index contributed by atoms with van der Waals surface area (Å²) < 4.78 is 32.2. The summed E-state index contributed by atoms with van der Waals surface area (Å²) in [5.74, 6) is 0.0738. The normalized spacial score (nSPS) is 19.2. The Kier molecular flexibility index (Phi) is 6.17. The van der Waals surface area contributed by atoms with Crippen LogP contribution in [-0.2, 0) is 21.3 Å². The summed E-state index contributed by atoms with van der Waals surface area (Å²) in [6.07, 6.45) is 2.28. The van der Waals surface area contributed by atoms with Crippen molar-refractivity contribution in [3.63, 3.8) is 0 Å². The zero-order valence-electron chi connectivity index (χ0n) is 12.3. The SMILES string of the molecule is NCCCN(Cc1ccccc1)S(=O)(=O)CC1CCCO1. The van der Waals surface area contributed by atoms with Gasteiger partial charge in [-0.3, -0.25) is 0 Å². The molecule has 1 aliphatic heterocycles. The monoisotopic (exact) mass is 312 g/mol. The summed E-state index contributed by atoms with van der Waals surface area (Å²) in [5, 5.41) is 0. The second-order valence-corrected chi connectivity index (χ2v) is 7.39. The molecule has 2 rings (SSSR count). The van der Waals surface area contributed by atoms with Crippen LogP contribution < -0.4 is 5.73 Å². The van der Waals surface area contributed by atoms with Crippen molar-refractivity contribution in [3.05, 3.63) is 35.9 Å². The number of nitrogens with zero attached hydrogens (tertiary/aromatic N) is 1. The Balaban J connectivity index is 2.06. The third-order valence-electron chi connectivity index (χ3n) is 3.63. The van der Waals surface area contributed by atoms with Crippen LogP contribution in [-0.4, -0.2) is 44.3 Å². The Hall–Kier alpha value is -0.950. The second-order valence-electron chi connectivity index (χ2n) is 5.37. The molecule has 1 fully saturated rings. The minimum Gasteiger partial charge on any atom is -0.377 e. The van der Waals surface area contributed by atoms with Gasteiger partial charge in [-0.2, -0.15) is 4.31 Å². The minimum absolute atomic E-state index is 0.0738. The molecule has 1 heterocycles. The van der Waals surface area contributed by atoms with Gasteiger partial charge in [-0.25, -0.2) is 8.42 Å². The minimum atomic E-state index is -3.32. The van der Waals surface area contributed by atoms with Crippen molar-refractivity contribution >= 4 is 10.0 Å². The van der Waals surface area contributed by atoms with Gasteiger partial charge in [-0.15, -0.1) is 0 Å². The average Bonchev–Trinajstić information content (AvgIpc) is 2.96. The molecule has 0 saturated carbocycles. The molecular weight excluding hydrogens is 288 g/mol. The zero-order valence-corrected chi connectivity index (χ0v) is 13.1. The molecule has 1 aliphatic rings. The zero-order chi connectivity index (χ0) is 15.1. The van der Waals surface area contributed by atoms with Gasteiger partial charge in [0.1, 0.15) is 0 Å². The van der Waals surface area contributed by atoms with E-state index in [9.17, 15) is 8.42 Å². The van der Waals surface area contributed by atoms with Gasteiger partial charge < -0.3 is 10.5 Å². The number of rotatable bonds is 8. The first kappa shape index (κ1) is 16.4. The number of ether oxygens (including phenoxy) is 1. The molecule has 1 unspecified atom stereocenters. The maximum absolute atomic E-state index is 12.6. The van der Waals surface area contributed by atoms with Crippen LogP contribution in [0.25, 0.3) is 0 Å². The highest BCUT2D eigenvalue weighted by atomic mass is 32.2. The number of sulfonamides is 1. The molecule has 5 nitrogen and oxygen atoms in total. The fourth-order valence-electron chi connectivity index (χ4n) is 2.49. The van der Waals surface area contributed by atoms with Crippen molar-refractivity contribution in [2.45, 2.75) is 31.9 Å².